The van der Waals surface area contributed by atoms with Crippen molar-refractivity contribution in [3.05, 3.63) is 47.9 Å². The van der Waals surface area contributed by atoms with E-state index in [4.69, 9.17) is 14.9 Å². The molecule has 1 aromatic carbocycles. The number of anilines is 1. The molecule has 0 unspecified atom stereocenters. The lowest BCUT2D eigenvalue weighted by Gasteiger charge is -2.21. The van der Waals surface area contributed by atoms with Crippen molar-refractivity contribution in [2.45, 2.75) is 13.3 Å². The molecule has 2 rings (SSSR count). The van der Waals surface area contributed by atoms with Crippen molar-refractivity contribution < 1.29 is 13.9 Å². The van der Waals surface area contributed by atoms with Crippen molar-refractivity contribution in [3.63, 3.8) is 0 Å². The first kappa shape index (κ1) is 15.1. The minimum Gasteiger partial charge on any atom is -0.497 e. The van der Waals surface area contributed by atoms with Crippen LogP contribution in [0.25, 0.3) is 0 Å². The van der Waals surface area contributed by atoms with E-state index in [1.807, 2.05) is 31.2 Å². The summed E-state index contributed by atoms with van der Waals surface area (Å²) in [5.41, 5.74) is 6.36. The summed E-state index contributed by atoms with van der Waals surface area (Å²) in [6, 6.07) is 10.8. The van der Waals surface area contributed by atoms with Gasteiger partial charge in [-0.2, -0.15) is 0 Å². The molecule has 0 fully saturated rings. The zero-order valence-electron chi connectivity index (χ0n) is 12.3. The second-order valence-electron chi connectivity index (χ2n) is 4.71. The number of nitrogens with zero attached hydrogens (tertiary/aromatic N) is 1. The lowest BCUT2D eigenvalue weighted by atomic mass is 10.2. The number of ether oxygens (including phenoxy) is 1. The maximum atomic E-state index is 12.6. The standard InChI is InChI=1S/C16H20N2O3/c1-12-4-9-15(21-12)16(19)18(11-3-10-17)13-5-7-14(20-2)8-6-13/h4-9H,3,10-11,17H2,1-2H3. The van der Waals surface area contributed by atoms with Crippen LogP contribution >= 0.6 is 0 Å². The summed E-state index contributed by atoms with van der Waals surface area (Å²) in [5, 5.41) is 0. The summed E-state index contributed by atoms with van der Waals surface area (Å²) >= 11 is 0. The Hall–Kier alpha value is -2.27. The van der Waals surface area contributed by atoms with E-state index < -0.39 is 0 Å². The van der Waals surface area contributed by atoms with Gasteiger partial charge in [-0.25, -0.2) is 0 Å². The zero-order chi connectivity index (χ0) is 15.2. The third-order valence-corrected chi connectivity index (χ3v) is 3.17. The fourth-order valence-corrected chi connectivity index (χ4v) is 2.04. The molecule has 0 aliphatic heterocycles. The van der Waals surface area contributed by atoms with Crippen molar-refractivity contribution in [2.24, 2.45) is 5.73 Å². The number of hydrogen-bond acceptors (Lipinski definition) is 4. The number of methoxy groups -OCH3 is 1. The Labute approximate surface area is 124 Å². The summed E-state index contributed by atoms with van der Waals surface area (Å²) in [6.07, 6.45) is 0.720. The monoisotopic (exact) mass is 288 g/mol. The first-order valence-electron chi connectivity index (χ1n) is 6.88. The molecule has 0 aliphatic carbocycles. The van der Waals surface area contributed by atoms with Crippen molar-refractivity contribution in [3.8, 4) is 5.75 Å². The van der Waals surface area contributed by atoms with Gasteiger partial charge in [0, 0.05) is 12.2 Å². The van der Waals surface area contributed by atoms with Crippen molar-refractivity contribution >= 4 is 11.6 Å². The van der Waals surface area contributed by atoms with Crippen LogP contribution in [0.1, 0.15) is 22.7 Å². The number of hydrogen-bond donors (Lipinski definition) is 1. The predicted octanol–water partition coefficient (Wildman–Crippen LogP) is 2.59. The van der Waals surface area contributed by atoms with Gasteiger partial charge in [0.25, 0.3) is 5.91 Å². The van der Waals surface area contributed by atoms with Crippen LogP contribution in [-0.2, 0) is 0 Å². The van der Waals surface area contributed by atoms with E-state index in [-0.39, 0.29) is 5.91 Å². The average molecular weight is 288 g/mol. The predicted molar refractivity (Wildman–Crippen MR) is 81.8 cm³/mol. The third-order valence-electron chi connectivity index (χ3n) is 3.17. The summed E-state index contributed by atoms with van der Waals surface area (Å²) in [4.78, 5) is 14.3. The molecule has 1 heterocycles. The number of furan rings is 1. The highest BCUT2D eigenvalue weighted by Gasteiger charge is 2.20. The van der Waals surface area contributed by atoms with Crippen LogP contribution in [0.2, 0.25) is 0 Å². The Kier molecular flexibility index (Phi) is 5.00. The van der Waals surface area contributed by atoms with Gasteiger partial charge in [0.2, 0.25) is 0 Å². The largest absolute Gasteiger partial charge is 0.497 e. The van der Waals surface area contributed by atoms with E-state index in [2.05, 4.69) is 0 Å². The molecular formula is C16H20N2O3. The van der Waals surface area contributed by atoms with E-state index in [0.717, 1.165) is 17.9 Å². The summed E-state index contributed by atoms with van der Waals surface area (Å²) < 4.78 is 10.6. The number of nitrogens with two attached hydrogens (primary N) is 1. The van der Waals surface area contributed by atoms with Crippen molar-refractivity contribution in [1.82, 2.24) is 0 Å². The van der Waals surface area contributed by atoms with E-state index in [1.165, 1.54) is 0 Å². The Balaban J connectivity index is 2.26. The molecule has 0 saturated carbocycles. The summed E-state index contributed by atoms with van der Waals surface area (Å²) in [7, 11) is 1.61. The summed E-state index contributed by atoms with van der Waals surface area (Å²) in [6.45, 7) is 2.88. The molecule has 2 aromatic rings. The maximum absolute atomic E-state index is 12.6. The van der Waals surface area contributed by atoms with Gasteiger partial charge in [0.1, 0.15) is 11.5 Å². The van der Waals surface area contributed by atoms with Crippen LogP contribution < -0.4 is 15.4 Å². The Morgan fingerprint density at radius 3 is 2.48 bits per heavy atom. The smallest absolute Gasteiger partial charge is 0.293 e. The van der Waals surface area contributed by atoms with Crippen LogP contribution in [0.3, 0.4) is 0 Å². The molecule has 0 spiro atoms. The number of aryl methyl sites for hydroxylation is 1. The highest BCUT2D eigenvalue weighted by molar-refractivity contribution is 6.04. The normalized spacial score (nSPS) is 10.4. The number of rotatable bonds is 6. The lowest BCUT2D eigenvalue weighted by Crippen LogP contribution is -2.32. The topological polar surface area (TPSA) is 68.7 Å². The lowest BCUT2D eigenvalue weighted by molar-refractivity contribution is 0.0959. The van der Waals surface area contributed by atoms with Crippen LogP contribution in [-0.4, -0.2) is 26.1 Å². The molecule has 1 aromatic heterocycles. The van der Waals surface area contributed by atoms with Gasteiger partial charge in [0.15, 0.2) is 5.76 Å². The van der Waals surface area contributed by atoms with Crippen molar-refractivity contribution in [1.29, 1.82) is 0 Å². The van der Waals surface area contributed by atoms with Gasteiger partial charge in [-0.05, 0) is 56.3 Å². The minimum atomic E-state index is -0.165. The van der Waals surface area contributed by atoms with Gasteiger partial charge in [-0.3, -0.25) is 4.79 Å². The Morgan fingerprint density at radius 1 is 1.24 bits per heavy atom. The van der Waals surface area contributed by atoms with Gasteiger partial charge >= 0.3 is 0 Å². The molecule has 0 aliphatic rings. The molecular weight excluding hydrogens is 268 g/mol. The van der Waals surface area contributed by atoms with Gasteiger partial charge in [-0.15, -0.1) is 0 Å². The van der Waals surface area contributed by atoms with Gasteiger partial charge in [-0.1, -0.05) is 0 Å². The Morgan fingerprint density at radius 2 is 1.95 bits per heavy atom. The quantitative estimate of drug-likeness (QED) is 0.887. The first-order valence-corrected chi connectivity index (χ1v) is 6.88. The van der Waals surface area contributed by atoms with Crippen LogP contribution in [0, 0.1) is 6.92 Å². The second-order valence-corrected chi connectivity index (χ2v) is 4.71. The SMILES string of the molecule is COc1ccc(N(CCCN)C(=O)c2ccc(C)o2)cc1. The van der Waals surface area contributed by atoms with E-state index in [1.54, 1.807) is 24.1 Å². The number of benzene rings is 1. The number of amides is 1. The molecule has 21 heavy (non-hydrogen) atoms. The van der Waals surface area contributed by atoms with Crippen LogP contribution in [0.15, 0.2) is 40.8 Å². The van der Waals surface area contributed by atoms with E-state index in [9.17, 15) is 4.79 Å². The van der Waals surface area contributed by atoms with E-state index >= 15 is 0 Å². The highest BCUT2D eigenvalue weighted by Crippen LogP contribution is 2.22. The highest BCUT2D eigenvalue weighted by atomic mass is 16.5. The number of carbonyl (C=O) groups excluding carboxylic acids is 1. The molecule has 1 amide bonds. The molecule has 2 N–H and O–H groups in total. The van der Waals surface area contributed by atoms with Crippen LogP contribution in [0.5, 0.6) is 5.75 Å². The van der Waals surface area contributed by atoms with Gasteiger partial charge in [0.05, 0.1) is 7.11 Å². The fourth-order valence-electron chi connectivity index (χ4n) is 2.04. The van der Waals surface area contributed by atoms with Crippen LogP contribution in [0.4, 0.5) is 5.69 Å². The molecule has 5 nitrogen and oxygen atoms in total. The zero-order valence-corrected chi connectivity index (χ0v) is 12.3. The number of carbonyl (C=O) groups is 1. The van der Waals surface area contributed by atoms with Gasteiger partial charge < -0.3 is 19.8 Å². The second kappa shape index (κ2) is 6.95. The third kappa shape index (κ3) is 3.64. The van der Waals surface area contributed by atoms with E-state index in [0.29, 0.717) is 24.6 Å². The molecule has 112 valence electrons. The summed E-state index contributed by atoms with van der Waals surface area (Å²) in [5.74, 6) is 1.63. The first-order chi connectivity index (χ1) is 10.2. The Bertz CT molecular complexity index is 590. The average Bonchev–Trinajstić information content (AvgIpc) is 2.94. The maximum Gasteiger partial charge on any atom is 0.293 e. The minimum absolute atomic E-state index is 0.165. The molecule has 0 radical (unpaired) electrons. The molecule has 0 atom stereocenters. The van der Waals surface area contributed by atoms with Crippen molar-refractivity contribution in [2.75, 3.05) is 25.1 Å². The molecule has 0 bridgehead atoms. The molecule has 5 heteroatoms. The fraction of sp³-hybridized carbons (Fsp3) is 0.312. The molecule has 0 saturated heterocycles.